The lowest BCUT2D eigenvalue weighted by Gasteiger charge is -2.10. The zero-order chi connectivity index (χ0) is 16.1. The van der Waals surface area contributed by atoms with Crippen molar-refractivity contribution in [2.45, 2.75) is 19.9 Å². The Morgan fingerprint density at radius 1 is 1.08 bits per heavy atom. The SMILES string of the molecule is COc1ccc(C[NH2+]CCC[NH+]2C=Nc3ccc(C)cc32)cc1.[Cl-].[Cl-]. The lowest BCUT2D eigenvalue weighted by atomic mass is 10.2. The molecule has 0 fully saturated rings. The predicted molar refractivity (Wildman–Crippen MR) is 92.9 cm³/mol. The minimum Gasteiger partial charge on any atom is -1.00 e. The first-order chi connectivity index (χ1) is 11.3. The van der Waals surface area contributed by atoms with Crippen LogP contribution in [0.3, 0.4) is 0 Å². The lowest BCUT2D eigenvalue weighted by molar-refractivity contribution is -0.730. The normalized spacial score (nSPS) is 14.4. The molecule has 1 unspecified atom stereocenters. The van der Waals surface area contributed by atoms with E-state index < -0.39 is 0 Å². The van der Waals surface area contributed by atoms with Gasteiger partial charge in [-0.1, -0.05) is 6.07 Å². The molecule has 0 saturated carbocycles. The molecule has 25 heavy (non-hydrogen) atoms. The second kappa shape index (κ2) is 10.4. The summed E-state index contributed by atoms with van der Waals surface area (Å²) < 4.78 is 5.18. The van der Waals surface area contributed by atoms with Gasteiger partial charge < -0.3 is 34.9 Å². The molecule has 0 radical (unpaired) electrons. The standard InChI is InChI=1S/C19H23N3O.2ClH/c1-15-4-9-18-19(12-15)22(14-21-18)11-3-10-20-13-16-5-7-17(23-2)8-6-16;;/h4-9,12,14,20H,3,10-11,13H2,1-2H3;2*1H. The van der Waals surface area contributed by atoms with Crippen LogP contribution in [0.2, 0.25) is 0 Å². The van der Waals surface area contributed by atoms with Crippen LogP contribution in [0.15, 0.2) is 47.5 Å². The van der Waals surface area contributed by atoms with E-state index in [1.165, 1.54) is 28.1 Å². The summed E-state index contributed by atoms with van der Waals surface area (Å²) in [6, 6.07) is 14.8. The molecular formula is C19H25Cl2N3O. The van der Waals surface area contributed by atoms with Crippen LogP contribution in [0.1, 0.15) is 17.5 Å². The number of fused-ring (bicyclic) bond motifs is 1. The van der Waals surface area contributed by atoms with Crippen LogP contribution in [-0.4, -0.2) is 26.5 Å². The van der Waals surface area contributed by atoms with Gasteiger partial charge >= 0.3 is 0 Å². The van der Waals surface area contributed by atoms with E-state index in [0.29, 0.717) is 0 Å². The van der Waals surface area contributed by atoms with E-state index in [4.69, 9.17) is 4.74 Å². The maximum absolute atomic E-state index is 5.18. The third kappa shape index (κ3) is 5.72. The summed E-state index contributed by atoms with van der Waals surface area (Å²) in [6.07, 6.45) is 3.21. The number of nitrogens with two attached hydrogens (primary N) is 1. The maximum atomic E-state index is 5.18. The molecule has 1 heterocycles. The van der Waals surface area contributed by atoms with E-state index in [0.717, 1.165) is 31.1 Å². The number of nitrogens with one attached hydrogen (secondary N) is 1. The first-order valence-corrected chi connectivity index (χ1v) is 8.22. The Balaban J connectivity index is 0.00000156. The molecule has 1 aliphatic heterocycles. The molecule has 1 aliphatic rings. The van der Waals surface area contributed by atoms with Gasteiger partial charge in [-0.15, -0.1) is 0 Å². The maximum Gasteiger partial charge on any atom is 0.194 e. The van der Waals surface area contributed by atoms with Crippen molar-refractivity contribution in [2.75, 3.05) is 20.2 Å². The monoisotopic (exact) mass is 381 g/mol. The van der Waals surface area contributed by atoms with E-state index in [2.05, 4.69) is 47.6 Å². The molecule has 2 aromatic rings. The Bertz CT molecular complexity index is 690. The molecule has 2 aromatic carbocycles. The van der Waals surface area contributed by atoms with Crippen molar-refractivity contribution in [1.82, 2.24) is 0 Å². The Kier molecular flexibility index (Phi) is 8.93. The Labute approximate surface area is 162 Å². The van der Waals surface area contributed by atoms with E-state index >= 15 is 0 Å². The molecule has 0 aromatic heterocycles. The van der Waals surface area contributed by atoms with Gasteiger partial charge in [0.2, 0.25) is 0 Å². The average Bonchev–Trinajstić information content (AvgIpc) is 2.97. The zero-order valence-electron chi connectivity index (χ0n) is 14.6. The number of aryl methyl sites for hydroxylation is 1. The van der Waals surface area contributed by atoms with Gasteiger partial charge in [0.1, 0.15) is 18.0 Å². The number of aliphatic imine (C=N–C) groups is 1. The molecule has 0 bridgehead atoms. The first-order valence-electron chi connectivity index (χ1n) is 8.22. The highest BCUT2D eigenvalue weighted by Gasteiger charge is 2.20. The minimum absolute atomic E-state index is 0. The van der Waals surface area contributed by atoms with Crippen molar-refractivity contribution in [2.24, 2.45) is 4.99 Å². The zero-order valence-corrected chi connectivity index (χ0v) is 16.1. The molecule has 6 heteroatoms. The van der Waals surface area contributed by atoms with E-state index in [1.807, 2.05) is 18.5 Å². The van der Waals surface area contributed by atoms with Gasteiger partial charge in [-0.05, 0) is 42.8 Å². The van der Waals surface area contributed by atoms with Crippen molar-refractivity contribution in [1.29, 1.82) is 0 Å². The molecule has 136 valence electrons. The van der Waals surface area contributed by atoms with E-state index in [1.54, 1.807) is 7.11 Å². The topological polar surface area (TPSA) is 42.6 Å². The highest BCUT2D eigenvalue weighted by Crippen LogP contribution is 2.24. The number of hydrogen-bond acceptors (Lipinski definition) is 2. The number of nitrogens with zero attached hydrogens (tertiary/aromatic N) is 1. The summed E-state index contributed by atoms with van der Waals surface area (Å²) in [5.74, 6) is 0.916. The van der Waals surface area contributed by atoms with Crippen LogP contribution < -0.4 is 39.8 Å². The molecule has 3 rings (SSSR count). The molecule has 0 amide bonds. The molecular weight excluding hydrogens is 357 g/mol. The van der Waals surface area contributed by atoms with Gasteiger partial charge in [-0.3, -0.25) is 4.90 Å². The van der Waals surface area contributed by atoms with Crippen LogP contribution >= 0.6 is 0 Å². The summed E-state index contributed by atoms with van der Waals surface area (Å²) in [5.41, 5.74) is 5.08. The van der Waals surface area contributed by atoms with Gasteiger partial charge in [0.25, 0.3) is 0 Å². The second-order valence-corrected chi connectivity index (χ2v) is 6.04. The second-order valence-electron chi connectivity index (χ2n) is 6.04. The molecule has 3 N–H and O–H groups in total. The van der Waals surface area contributed by atoms with Gasteiger partial charge in [0, 0.05) is 18.1 Å². The third-order valence-corrected chi connectivity index (χ3v) is 4.25. The van der Waals surface area contributed by atoms with E-state index in [9.17, 15) is 0 Å². The highest BCUT2D eigenvalue weighted by molar-refractivity contribution is 5.72. The number of rotatable bonds is 7. The van der Waals surface area contributed by atoms with Crippen molar-refractivity contribution in [3.8, 4) is 5.75 Å². The lowest BCUT2D eigenvalue weighted by Crippen LogP contribution is -3.05. The Morgan fingerprint density at radius 3 is 2.56 bits per heavy atom. The molecule has 0 spiro atoms. The number of methoxy groups -OCH3 is 1. The van der Waals surface area contributed by atoms with Crippen molar-refractivity contribution in [3.05, 3.63) is 53.6 Å². The van der Waals surface area contributed by atoms with Crippen LogP contribution in [-0.2, 0) is 6.54 Å². The predicted octanol–water partition coefficient (Wildman–Crippen LogP) is -4.64. The summed E-state index contributed by atoms with van der Waals surface area (Å²) >= 11 is 0. The van der Waals surface area contributed by atoms with Gasteiger partial charge in [0.15, 0.2) is 12.0 Å². The number of hydrogen-bond donors (Lipinski definition) is 2. The summed E-state index contributed by atoms with van der Waals surface area (Å²) in [6.45, 7) is 5.38. The Morgan fingerprint density at radius 2 is 1.84 bits per heavy atom. The number of halogens is 2. The summed E-state index contributed by atoms with van der Waals surface area (Å²) in [4.78, 5) is 5.88. The fourth-order valence-electron chi connectivity index (χ4n) is 2.90. The van der Waals surface area contributed by atoms with Gasteiger partial charge in [-0.2, -0.15) is 4.99 Å². The Hall–Kier alpha value is -1.59. The fourth-order valence-corrected chi connectivity index (χ4v) is 2.90. The van der Waals surface area contributed by atoms with Crippen LogP contribution in [0.5, 0.6) is 5.75 Å². The average molecular weight is 382 g/mol. The fraction of sp³-hybridized carbons (Fsp3) is 0.316. The summed E-state index contributed by atoms with van der Waals surface area (Å²) in [5, 5.41) is 2.37. The number of quaternary nitrogens is 2. The quantitative estimate of drug-likeness (QED) is 0.465. The van der Waals surface area contributed by atoms with Crippen molar-refractivity contribution < 1.29 is 39.8 Å². The molecule has 1 atom stereocenters. The first kappa shape index (κ1) is 21.5. The molecule has 0 aliphatic carbocycles. The van der Waals surface area contributed by atoms with Crippen molar-refractivity contribution in [3.63, 3.8) is 0 Å². The number of ether oxygens (including phenoxy) is 1. The number of benzene rings is 2. The van der Waals surface area contributed by atoms with Crippen molar-refractivity contribution >= 4 is 17.7 Å². The van der Waals surface area contributed by atoms with E-state index in [-0.39, 0.29) is 24.8 Å². The van der Waals surface area contributed by atoms with Crippen LogP contribution in [0, 0.1) is 6.92 Å². The van der Waals surface area contributed by atoms with Crippen LogP contribution in [0.25, 0.3) is 0 Å². The molecule has 4 nitrogen and oxygen atoms in total. The van der Waals surface area contributed by atoms with Gasteiger partial charge in [-0.25, -0.2) is 0 Å². The minimum atomic E-state index is 0. The smallest absolute Gasteiger partial charge is 0.194 e. The molecule has 0 saturated heterocycles. The van der Waals surface area contributed by atoms with Crippen LogP contribution in [0.4, 0.5) is 11.4 Å². The van der Waals surface area contributed by atoms with Gasteiger partial charge in [0.05, 0.1) is 20.2 Å². The largest absolute Gasteiger partial charge is 1.00 e. The third-order valence-electron chi connectivity index (χ3n) is 4.25. The highest BCUT2D eigenvalue weighted by atomic mass is 35.5. The summed E-state index contributed by atoms with van der Waals surface area (Å²) in [7, 11) is 1.70.